The lowest BCUT2D eigenvalue weighted by atomic mass is 10.2. The van der Waals surface area contributed by atoms with Gasteiger partial charge in [-0.05, 0) is 6.92 Å². The highest BCUT2D eigenvalue weighted by molar-refractivity contribution is 7.85. The van der Waals surface area contributed by atoms with Crippen LogP contribution in [0.1, 0.15) is 6.92 Å². The van der Waals surface area contributed by atoms with Gasteiger partial charge in [-0.25, -0.2) is 0 Å². The van der Waals surface area contributed by atoms with Crippen molar-refractivity contribution < 1.29 is 22.5 Å². The minimum atomic E-state index is -3.52. The Balaban J connectivity index is 3.82. The Morgan fingerprint density at radius 1 is 1.64 bits per heavy atom. The summed E-state index contributed by atoms with van der Waals surface area (Å²) in [6.07, 6.45) is 0.877. The molecule has 0 saturated carbocycles. The standard InChI is InChI=1S/C5H10O5S/c1-4(5(6)7)3-10-11(2,8)9/h4H,3H2,1-2H3,(H,6,7)/t4-/m0/s1. The number of carbonyl (C=O) groups is 1. The Morgan fingerprint density at radius 2 is 2.09 bits per heavy atom. The third-order valence-electron chi connectivity index (χ3n) is 0.954. The van der Waals surface area contributed by atoms with Gasteiger partial charge in [0, 0.05) is 0 Å². The van der Waals surface area contributed by atoms with Crippen molar-refractivity contribution in [1.82, 2.24) is 0 Å². The van der Waals surface area contributed by atoms with Crippen LogP contribution in [0, 0.1) is 5.92 Å². The van der Waals surface area contributed by atoms with E-state index in [-0.39, 0.29) is 6.61 Å². The van der Waals surface area contributed by atoms with Crippen molar-refractivity contribution in [3.05, 3.63) is 0 Å². The summed E-state index contributed by atoms with van der Waals surface area (Å²) in [7, 11) is -3.52. The van der Waals surface area contributed by atoms with E-state index in [9.17, 15) is 13.2 Å². The van der Waals surface area contributed by atoms with Crippen LogP contribution in [0.25, 0.3) is 0 Å². The molecule has 1 atom stereocenters. The van der Waals surface area contributed by atoms with E-state index in [4.69, 9.17) is 5.11 Å². The second kappa shape index (κ2) is 3.68. The van der Waals surface area contributed by atoms with E-state index in [1.54, 1.807) is 0 Å². The molecule has 0 aromatic heterocycles. The average molecular weight is 182 g/mol. The topological polar surface area (TPSA) is 80.7 Å². The molecule has 0 spiro atoms. The number of hydrogen-bond donors (Lipinski definition) is 1. The van der Waals surface area contributed by atoms with Gasteiger partial charge in [0.05, 0.1) is 18.8 Å². The first-order valence-electron chi connectivity index (χ1n) is 2.90. The van der Waals surface area contributed by atoms with E-state index in [2.05, 4.69) is 4.18 Å². The highest BCUT2D eigenvalue weighted by atomic mass is 32.2. The second-order valence-corrected chi connectivity index (χ2v) is 3.87. The van der Waals surface area contributed by atoms with E-state index in [0.717, 1.165) is 6.26 Å². The van der Waals surface area contributed by atoms with E-state index in [1.807, 2.05) is 0 Å². The molecule has 0 aliphatic carbocycles. The van der Waals surface area contributed by atoms with Crippen molar-refractivity contribution in [1.29, 1.82) is 0 Å². The van der Waals surface area contributed by atoms with Gasteiger partial charge in [0.1, 0.15) is 0 Å². The molecule has 11 heavy (non-hydrogen) atoms. The predicted octanol–water partition coefficient (Wildman–Crippen LogP) is -0.317. The molecule has 0 aromatic rings. The molecule has 0 saturated heterocycles. The lowest BCUT2D eigenvalue weighted by Crippen LogP contribution is -2.18. The summed E-state index contributed by atoms with van der Waals surface area (Å²) in [5, 5.41) is 8.30. The zero-order valence-corrected chi connectivity index (χ0v) is 7.09. The van der Waals surface area contributed by atoms with Gasteiger partial charge in [0.15, 0.2) is 0 Å². The van der Waals surface area contributed by atoms with Crippen molar-refractivity contribution >= 4 is 16.1 Å². The molecule has 66 valence electrons. The third kappa shape index (κ3) is 5.81. The maximum atomic E-state index is 10.3. The molecular formula is C5H10O5S. The highest BCUT2D eigenvalue weighted by Gasteiger charge is 2.13. The first kappa shape index (κ1) is 10.4. The van der Waals surface area contributed by atoms with Crippen LogP contribution in [-0.4, -0.2) is 32.4 Å². The Hall–Kier alpha value is -0.620. The Labute approximate surface area is 65.1 Å². The molecule has 0 radical (unpaired) electrons. The van der Waals surface area contributed by atoms with Crippen LogP contribution >= 0.6 is 0 Å². The van der Waals surface area contributed by atoms with Crippen molar-refractivity contribution in [3.63, 3.8) is 0 Å². The molecule has 5 nitrogen and oxygen atoms in total. The Morgan fingerprint density at radius 3 is 2.36 bits per heavy atom. The van der Waals surface area contributed by atoms with Crippen molar-refractivity contribution in [3.8, 4) is 0 Å². The van der Waals surface area contributed by atoms with Crippen LogP contribution in [0.4, 0.5) is 0 Å². The summed E-state index contributed by atoms with van der Waals surface area (Å²) in [6.45, 7) is 1.06. The molecule has 0 aromatic carbocycles. The van der Waals surface area contributed by atoms with Gasteiger partial charge in [-0.3, -0.25) is 8.98 Å². The molecular weight excluding hydrogens is 172 g/mol. The highest BCUT2D eigenvalue weighted by Crippen LogP contribution is 1.98. The quantitative estimate of drug-likeness (QED) is 0.603. The average Bonchev–Trinajstić information content (AvgIpc) is 1.80. The molecule has 0 rings (SSSR count). The van der Waals surface area contributed by atoms with Gasteiger partial charge >= 0.3 is 5.97 Å². The molecule has 0 amide bonds. The SMILES string of the molecule is C[C@@H](COS(C)(=O)=O)C(=O)O. The Kier molecular flexibility index (Phi) is 3.47. The number of rotatable bonds is 4. The van der Waals surface area contributed by atoms with Gasteiger partial charge in [-0.15, -0.1) is 0 Å². The van der Waals surface area contributed by atoms with Crippen LogP contribution in [0.15, 0.2) is 0 Å². The lowest BCUT2D eigenvalue weighted by Gasteiger charge is -2.04. The minimum Gasteiger partial charge on any atom is -0.481 e. The molecule has 0 heterocycles. The molecule has 0 bridgehead atoms. The third-order valence-corrected chi connectivity index (χ3v) is 1.52. The number of aliphatic carboxylic acids is 1. The molecule has 6 heteroatoms. The van der Waals surface area contributed by atoms with Gasteiger partial charge in [0.25, 0.3) is 10.1 Å². The maximum absolute atomic E-state index is 10.3. The summed E-state index contributed by atoms with van der Waals surface area (Å²) >= 11 is 0. The van der Waals surface area contributed by atoms with Gasteiger partial charge < -0.3 is 5.11 Å². The maximum Gasteiger partial charge on any atom is 0.308 e. The minimum absolute atomic E-state index is 0.311. The van der Waals surface area contributed by atoms with Gasteiger partial charge in [-0.1, -0.05) is 0 Å². The zero-order valence-electron chi connectivity index (χ0n) is 6.27. The second-order valence-electron chi connectivity index (χ2n) is 2.23. The van der Waals surface area contributed by atoms with E-state index >= 15 is 0 Å². The van der Waals surface area contributed by atoms with Gasteiger partial charge in [0.2, 0.25) is 0 Å². The van der Waals surface area contributed by atoms with Crippen LogP contribution in [0.2, 0.25) is 0 Å². The van der Waals surface area contributed by atoms with Crippen LogP contribution in [0.3, 0.4) is 0 Å². The largest absolute Gasteiger partial charge is 0.481 e. The summed E-state index contributed by atoms with van der Waals surface area (Å²) in [6, 6.07) is 0. The van der Waals surface area contributed by atoms with Crippen molar-refractivity contribution in [2.75, 3.05) is 12.9 Å². The van der Waals surface area contributed by atoms with Crippen LogP contribution in [-0.2, 0) is 19.1 Å². The zero-order chi connectivity index (χ0) is 9.07. The van der Waals surface area contributed by atoms with Gasteiger partial charge in [-0.2, -0.15) is 8.42 Å². The van der Waals surface area contributed by atoms with E-state index < -0.39 is 22.0 Å². The summed E-state index contributed by atoms with van der Waals surface area (Å²) in [4.78, 5) is 10.1. The number of carboxylic acid groups (broad SMARTS) is 1. The fourth-order valence-corrected chi connectivity index (χ4v) is 0.748. The first-order chi connectivity index (χ1) is 4.83. The first-order valence-corrected chi connectivity index (χ1v) is 4.72. The smallest absolute Gasteiger partial charge is 0.308 e. The predicted molar refractivity (Wildman–Crippen MR) is 37.6 cm³/mol. The monoisotopic (exact) mass is 182 g/mol. The Bertz CT molecular complexity index is 229. The normalized spacial score (nSPS) is 14.4. The van der Waals surface area contributed by atoms with E-state index in [0.29, 0.717) is 0 Å². The molecule has 0 unspecified atom stereocenters. The molecule has 0 aliphatic heterocycles. The summed E-state index contributed by atoms with van der Waals surface area (Å²) in [5.41, 5.74) is 0. The van der Waals surface area contributed by atoms with Crippen molar-refractivity contribution in [2.45, 2.75) is 6.92 Å². The fourth-order valence-electron chi connectivity index (χ4n) is 0.297. The van der Waals surface area contributed by atoms with Crippen LogP contribution in [0.5, 0.6) is 0 Å². The molecule has 0 aliphatic rings. The van der Waals surface area contributed by atoms with E-state index in [1.165, 1.54) is 6.92 Å². The van der Waals surface area contributed by atoms with Crippen molar-refractivity contribution in [2.24, 2.45) is 5.92 Å². The summed E-state index contributed by atoms with van der Waals surface area (Å²) < 4.78 is 24.9. The number of hydrogen-bond acceptors (Lipinski definition) is 4. The molecule has 0 fully saturated rings. The summed E-state index contributed by atoms with van der Waals surface area (Å²) in [5.74, 6) is -1.88. The fraction of sp³-hybridized carbons (Fsp3) is 0.800. The van der Waals surface area contributed by atoms with Crippen LogP contribution < -0.4 is 0 Å². The lowest BCUT2D eigenvalue weighted by molar-refractivity contribution is -0.141. The number of carboxylic acids is 1. The molecule has 1 N–H and O–H groups in total.